The van der Waals surface area contributed by atoms with Crippen LogP contribution >= 0.6 is 0 Å². The lowest BCUT2D eigenvalue weighted by Gasteiger charge is -2.39. The molecule has 118 valence electrons. The molecular weight excluding hydrogens is 284 g/mol. The van der Waals surface area contributed by atoms with E-state index in [2.05, 4.69) is 15.3 Å². The SMILES string of the molecule is CC(C)[C@H]1OC[C@H](Nc2cncc(C(F)F)n2)[C@@H](O)[C@H]1O. The van der Waals surface area contributed by atoms with Gasteiger partial charge in [0, 0.05) is 0 Å². The molecule has 1 fully saturated rings. The summed E-state index contributed by atoms with van der Waals surface area (Å²) < 4.78 is 30.6. The van der Waals surface area contributed by atoms with Gasteiger partial charge in [-0.3, -0.25) is 4.98 Å². The van der Waals surface area contributed by atoms with Crippen molar-refractivity contribution in [2.24, 2.45) is 5.92 Å². The zero-order valence-electron chi connectivity index (χ0n) is 11.8. The highest BCUT2D eigenvalue weighted by atomic mass is 19.3. The Balaban J connectivity index is 2.05. The maximum Gasteiger partial charge on any atom is 0.281 e. The van der Waals surface area contributed by atoms with E-state index in [0.29, 0.717) is 0 Å². The van der Waals surface area contributed by atoms with Crippen LogP contribution in [0.4, 0.5) is 14.6 Å². The quantitative estimate of drug-likeness (QED) is 0.768. The minimum absolute atomic E-state index is 0.0533. The molecule has 0 spiro atoms. The Morgan fingerprint density at radius 3 is 2.62 bits per heavy atom. The lowest BCUT2D eigenvalue weighted by molar-refractivity contribution is -0.154. The summed E-state index contributed by atoms with van der Waals surface area (Å²) in [6.07, 6.45) is -3.06. The molecule has 0 radical (unpaired) electrons. The van der Waals surface area contributed by atoms with Crippen molar-refractivity contribution in [3.63, 3.8) is 0 Å². The van der Waals surface area contributed by atoms with Gasteiger partial charge in [-0.15, -0.1) is 0 Å². The van der Waals surface area contributed by atoms with Crippen molar-refractivity contribution < 1.29 is 23.7 Å². The molecule has 0 unspecified atom stereocenters. The van der Waals surface area contributed by atoms with E-state index < -0.39 is 36.5 Å². The highest BCUT2D eigenvalue weighted by Gasteiger charge is 2.39. The van der Waals surface area contributed by atoms with Crippen molar-refractivity contribution in [2.75, 3.05) is 11.9 Å². The normalized spacial score (nSPS) is 29.9. The molecule has 2 heterocycles. The number of aliphatic hydroxyl groups excluding tert-OH is 2. The summed E-state index contributed by atoms with van der Waals surface area (Å²) in [4.78, 5) is 7.38. The van der Waals surface area contributed by atoms with Crippen molar-refractivity contribution in [3.8, 4) is 0 Å². The fourth-order valence-corrected chi connectivity index (χ4v) is 2.30. The number of aliphatic hydroxyl groups is 2. The number of anilines is 1. The van der Waals surface area contributed by atoms with Crippen molar-refractivity contribution in [1.82, 2.24) is 9.97 Å². The van der Waals surface area contributed by atoms with Gasteiger partial charge in [0.1, 0.15) is 23.7 Å². The first-order valence-electron chi connectivity index (χ1n) is 6.74. The van der Waals surface area contributed by atoms with Gasteiger partial charge in [0.2, 0.25) is 0 Å². The first-order valence-corrected chi connectivity index (χ1v) is 6.74. The van der Waals surface area contributed by atoms with E-state index in [0.717, 1.165) is 6.20 Å². The van der Waals surface area contributed by atoms with Gasteiger partial charge in [-0.05, 0) is 5.92 Å². The van der Waals surface area contributed by atoms with Crippen molar-refractivity contribution in [3.05, 3.63) is 18.1 Å². The number of rotatable bonds is 4. The van der Waals surface area contributed by atoms with Crippen LogP contribution in [0.5, 0.6) is 0 Å². The summed E-state index contributed by atoms with van der Waals surface area (Å²) in [7, 11) is 0. The highest BCUT2D eigenvalue weighted by molar-refractivity contribution is 5.34. The van der Waals surface area contributed by atoms with Gasteiger partial charge >= 0.3 is 0 Å². The molecule has 1 aliphatic heterocycles. The van der Waals surface area contributed by atoms with E-state index in [-0.39, 0.29) is 18.3 Å². The monoisotopic (exact) mass is 303 g/mol. The molecule has 4 atom stereocenters. The Labute approximate surface area is 121 Å². The maximum absolute atomic E-state index is 12.6. The first kappa shape index (κ1) is 16.0. The van der Waals surface area contributed by atoms with E-state index in [1.54, 1.807) is 0 Å². The molecule has 1 saturated heterocycles. The molecule has 8 heteroatoms. The molecule has 3 N–H and O–H groups in total. The van der Waals surface area contributed by atoms with E-state index in [1.165, 1.54) is 6.20 Å². The largest absolute Gasteiger partial charge is 0.388 e. The van der Waals surface area contributed by atoms with Crippen LogP contribution in [0.15, 0.2) is 12.4 Å². The molecule has 1 aliphatic rings. The Hall–Kier alpha value is -1.38. The Morgan fingerprint density at radius 2 is 2.00 bits per heavy atom. The molecule has 0 amide bonds. The van der Waals surface area contributed by atoms with Crippen LogP contribution in [0, 0.1) is 5.92 Å². The maximum atomic E-state index is 12.6. The molecular formula is C13H19F2N3O3. The summed E-state index contributed by atoms with van der Waals surface area (Å²) in [5.41, 5.74) is -0.452. The summed E-state index contributed by atoms with van der Waals surface area (Å²) in [5, 5.41) is 22.9. The Bertz CT molecular complexity index is 476. The van der Waals surface area contributed by atoms with Gasteiger partial charge in [-0.2, -0.15) is 0 Å². The number of nitrogens with zero attached hydrogens (tertiary/aromatic N) is 2. The van der Waals surface area contributed by atoms with Gasteiger partial charge in [0.25, 0.3) is 6.43 Å². The van der Waals surface area contributed by atoms with Crippen LogP contribution in [0.2, 0.25) is 0 Å². The van der Waals surface area contributed by atoms with Gasteiger partial charge in [0.15, 0.2) is 0 Å². The fourth-order valence-electron chi connectivity index (χ4n) is 2.30. The lowest BCUT2D eigenvalue weighted by Crippen LogP contribution is -2.57. The zero-order valence-corrected chi connectivity index (χ0v) is 11.8. The summed E-state index contributed by atoms with van der Waals surface area (Å²) in [6.45, 7) is 3.90. The third-order valence-corrected chi connectivity index (χ3v) is 3.43. The summed E-state index contributed by atoms with van der Waals surface area (Å²) >= 11 is 0. The fraction of sp³-hybridized carbons (Fsp3) is 0.692. The third kappa shape index (κ3) is 3.63. The van der Waals surface area contributed by atoms with E-state index >= 15 is 0 Å². The van der Waals surface area contributed by atoms with E-state index in [9.17, 15) is 19.0 Å². The second-order valence-corrected chi connectivity index (χ2v) is 5.40. The topological polar surface area (TPSA) is 87.5 Å². The number of ether oxygens (including phenoxy) is 1. The minimum atomic E-state index is -2.72. The standard InChI is InChI=1S/C13H19F2N3O3/c1-6(2)12-11(20)10(19)8(5-21-12)18-9-4-16-3-7(17-9)13(14)15/h3-4,6,8,10-13,19-20H,5H2,1-2H3,(H,17,18)/t8-,10+,11+,12+/m0/s1. The molecule has 0 aliphatic carbocycles. The second kappa shape index (κ2) is 6.59. The molecule has 1 aromatic heterocycles. The zero-order chi connectivity index (χ0) is 15.6. The van der Waals surface area contributed by atoms with E-state index in [1.807, 2.05) is 13.8 Å². The van der Waals surface area contributed by atoms with Gasteiger partial charge in [0.05, 0.1) is 31.1 Å². The van der Waals surface area contributed by atoms with Crippen molar-refractivity contribution >= 4 is 5.82 Å². The van der Waals surface area contributed by atoms with E-state index in [4.69, 9.17) is 4.74 Å². The lowest BCUT2D eigenvalue weighted by atomic mass is 9.91. The number of aromatic nitrogens is 2. The second-order valence-electron chi connectivity index (χ2n) is 5.40. The molecule has 2 rings (SSSR count). The Kier molecular flexibility index (Phi) is 5.02. The summed E-state index contributed by atoms with van der Waals surface area (Å²) in [5.74, 6) is 0.160. The number of alkyl halides is 2. The predicted molar refractivity (Wildman–Crippen MR) is 71.0 cm³/mol. The average molecular weight is 303 g/mol. The molecule has 0 bridgehead atoms. The third-order valence-electron chi connectivity index (χ3n) is 3.43. The predicted octanol–water partition coefficient (Wildman–Crippen LogP) is 0.971. The van der Waals surface area contributed by atoms with Crippen molar-refractivity contribution in [2.45, 2.75) is 44.6 Å². The van der Waals surface area contributed by atoms with Crippen LogP contribution in [0.3, 0.4) is 0 Å². The number of halogens is 2. The van der Waals surface area contributed by atoms with Crippen LogP contribution in [-0.2, 0) is 4.74 Å². The summed E-state index contributed by atoms with van der Waals surface area (Å²) in [6, 6.07) is -0.641. The highest BCUT2D eigenvalue weighted by Crippen LogP contribution is 2.24. The minimum Gasteiger partial charge on any atom is -0.388 e. The first-order chi connectivity index (χ1) is 9.90. The van der Waals surface area contributed by atoms with Crippen LogP contribution in [0.1, 0.15) is 26.0 Å². The molecule has 6 nitrogen and oxygen atoms in total. The average Bonchev–Trinajstić information content (AvgIpc) is 2.44. The molecule has 21 heavy (non-hydrogen) atoms. The molecule has 1 aromatic rings. The van der Waals surface area contributed by atoms with Gasteiger partial charge < -0.3 is 20.3 Å². The van der Waals surface area contributed by atoms with Gasteiger partial charge in [-0.25, -0.2) is 13.8 Å². The number of hydrogen-bond donors (Lipinski definition) is 3. The molecule has 0 saturated carbocycles. The smallest absolute Gasteiger partial charge is 0.281 e. The van der Waals surface area contributed by atoms with Crippen LogP contribution in [-0.4, -0.2) is 51.1 Å². The van der Waals surface area contributed by atoms with Gasteiger partial charge in [-0.1, -0.05) is 13.8 Å². The Morgan fingerprint density at radius 1 is 1.29 bits per heavy atom. The van der Waals surface area contributed by atoms with Crippen molar-refractivity contribution in [1.29, 1.82) is 0 Å². The van der Waals surface area contributed by atoms with Crippen LogP contribution in [0.25, 0.3) is 0 Å². The number of nitrogens with one attached hydrogen (secondary N) is 1. The van der Waals surface area contributed by atoms with Crippen LogP contribution < -0.4 is 5.32 Å². The molecule has 0 aromatic carbocycles. The number of hydrogen-bond acceptors (Lipinski definition) is 6.